The summed E-state index contributed by atoms with van der Waals surface area (Å²) in [5.41, 5.74) is 6.80. The number of pyridine rings is 1. The lowest BCUT2D eigenvalue weighted by atomic mass is 10.1. The van der Waals surface area contributed by atoms with Crippen molar-refractivity contribution in [2.24, 2.45) is 5.73 Å². The summed E-state index contributed by atoms with van der Waals surface area (Å²) in [7, 11) is 0. The van der Waals surface area contributed by atoms with Gasteiger partial charge in [0.25, 0.3) is 0 Å². The van der Waals surface area contributed by atoms with E-state index in [4.69, 9.17) is 17.3 Å². The van der Waals surface area contributed by atoms with Gasteiger partial charge in [0, 0.05) is 17.5 Å². The minimum absolute atomic E-state index is 0.259. The van der Waals surface area contributed by atoms with Crippen LogP contribution in [-0.2, 0) is 5.75 Å². The van der Waals surface area contributed by atoms with Crippen molar-refractivity contribution in [1.29, 1.82) is 0 Å². The number of aromatic nitrogens is 1. The molecule has 20 heavy (non-hydrogen) atoms. The Kier molecular flexibility index (Phi) is 5.42. The van der Waals surface area contributed by atoms with Crippen molar-refractivity contribution in [2.45, 2.75) is 10.8 Å². The second-order valence-corrected chi connectivity index (χ2v) is 5.39. The van der Waals surface area contributed by atoms with Crippen LogP contribution in [0.1, 0.15) is 11.1 Å². The van der Waals surface area contributed by atoms with E-state index in [1.165, 1.54) is 23.9 Å². The van der Waals surface area contributed by atoms with E-state index in [0.717, 1.165) is 10.6 Å². The van der Waals surface area contributed by atoms with Crippen LogP contribution in [0.4, 0.5) is 4.39 Å². The first-order chi connectivity index (χ1) is 9.67. The molecule has 0 aliphatic carbocycles. The number of benzene rings is 1. The van der Waals surface area contributed by atoms with Gasteiger partial charge in [-0.1, -0.05) is 23.4 Å². The smallest absolute Gasteiger partial charge is 0.124 e. The summed E-state index contributed by atoms with van der Waals surface area (Å²) >= 11 is 7.29. The summed E-state index contributed by atoms with van der Waals surface area (Å²) in [6.07, 6.45) is 1.59. The van der Waals surface area contributed by atoms with Crippen LogP contribution in [0, 0.1) is 17.7 Å². The van der Waals surface area contributed by atoms with Gasteiger partial charge in [-0.2, -0.15) is 0 Å². The molecule has 0 aliphatic rings. The molecule has 0 radical (unpaired) electrons. The molecular formula is C15H12ClFN2S. The van der Waals surface area contributed by atoms with E-state index < -0.39 is 0 Å². The maximum absolute atomic E-state index is 13.5. The second-order valence-electron chi connectivity index (χ2n) is 3.96. The first-order valence-electron chi connectivity index (χ1n) is 5.90. The Balaban J connectivity index is 2.09. The van der Waals surface area contributed by atoms with Crippen LogP contribution in [0.15, 0.2) is 41.6 Å². The maximum Gasteiger partial charge on any atom is 0.124 e. The summed E-state index contributed by atoms with van der Waals surface area (Å²) in [4.78, 5) is 4.18. The molecular weight excluding hydrogens is 295 g/mol. The Morgan fingerprint density at radius 3 is 2.85 bits per heavy atom. The fourth-order valence-corrected chi connectivity index (χ4v) is 2.45. The average Bonchev–Trinajstić information content (AvgIpc) is 2.44. The standard InChI is InChI=1S/C15H12ClFN2S/c16-13-3-4-15(19-9-13)20-10-12-6-11(2-1-5-18)7-14(17)8-12/h3-4,6-9H,5,10,18H2. The van der Waals surface area contributed by atoms with E-state index in [2.05, 4.69) is 16.8 Å². The third-order valence-electron chi connectivity index (χ3n) is 2.38. The molecule has 5 heteroatoms. The van der Waals surface area contributed by atoms with Crippen LogP contribution in [0.25, 0.3) is 0 Å². The summed E-state index contributed by atoms with van der Waals surface area (Å²) in [6, 6.07) is 8.37. The third-order valence-corrected chi connectivity index (χ3v) is 3.62. The lowest BCUT2D eigenvalue weighted by molar-refractivity contribution is 0.626. The summed E-state index contributed by atoms with van der Waals surface area (Å²) in [6.45, 7) is 0.259. The third kappa shape index (κ3) is 4.53. The predicted octanol–water partition coefficient (Wildman–Crippen LogP) is 3.48. The molecule has 0 atom stereocenters. The number of hydrogen-bond donors (Lipinski definition) is 1. The highest BCUT2D eigenvalue weighted by atomic mass is 35.5. The van der Waals surface area contributed by atoms with Crippen molar-refractivity contribution in [3.8, 4) is 11.8 Å². The largest absolute Gasteiger partial charge is 0.320 e. The van der Waals surface area contributed by atoms with E-state index in [0.29, 0.717) is 16.3 Å². The van der Waals surface area contributed by atoms with Gasteiger partial charge in [0.15, 0.2) is 0 Å². The molecule has 0 saturated heterocycles. The van der Waals surface area contributed by atoms with Crippen LogP contribution < -0.4 is 5.73 Å². The average molecular weight is 307 g/mol. The molecule has 2 nitrogen and oxygen atoms in total. The van der Waals surface area contributed by atoms with E-state index >= 15 is 0 Å². The quantitative estimate of drug-likeness (QED) is 0.697. The molecule has 0 bridgehead atoms. The van der Waals surface area contributed by atoms with E-state index in [-0.39, 0.29) is 12.4 Å². The molecule has 0 unspecified atom stereocenters. The number of rotatable bonds is 3. The summed E-state index contributed by atoms with van der Waals surface area (Å²) in [5.74, 6) is 5.87. The van der Waals surface area contributed by atoms with Gasteiger partial charge in [0.2, 0.25) is 0 Å². The van der Waals surface area contributed by atoms with Gasteiger partial charge in [0.1, 0.15) is 5.82 Å². The van der Waals surface area contributed by atoms with Crippen molar-refractivity contribution >= 4 is 23.4 Å². The Morgan fingerprint density at radius 1 is 1.30 bits per heavy atom. The Bertz CT molecular complexity index is 647. The van der Waals surface area contributed by atoms with Crippen LogP contribution in [0.5, 0.6) is 0 Å². The molecule has 2 aromatic rings. The van der Waals surface area contributed by atoms with E-state index in [9.17, 15) is 4.39 Å². The highest BCUT2D eigenvalue weighted by molar-refractivity contribution is 7.98. The number of nitrogens with two attached hydrogens (primary N) is 1. The van der Waals surface area contributed by atoms with Crippen LogP contribution in [0.2, 0.25) is 5.02 Å². The van der Waals surface area contributed by atoms with Gasteiger partial charge < -0.3 is 5.73 Å². The van der Waals surface area contributed by atoms with Crippen molar-refractivity contribution < 1.29 is 4.39 Å². The maximum atomic E-state index is 13.5. The van der Waals surface area contributed by atoms with Crippen molar-refractivity contribution in [1.82, 2.24) is 4.98 Å². The molecule has 0 amide bonds. The molecule has 1 aromatic carbocycles. The molecule has 2 rings (SSSR count). The SMILES string of the molecule is NCC#Cc1cc(F)cc(CSc2ccc(Cl)cn2)c1. The summed E-state index contributed by atoms with van der Waals surface area (Å²) in [5, 5.41) is 1.44. The number of nitrogens with zero attached hydrogens (tertiary/aromatic N) is 1. The fraction of sp³-hybridized carbons (Fsp3) is 0.133. The minimum Gasteiger partial charge on any atom is -0.320 e. The van der Waals surface area contributed by atoms with Crippen LogP contribution >= 0.6 is 23.4 Å². The van der Waals surface area contributed by atoms with Gasteiger partial charge in [-0.25, -0.2) is 9.37 Å². The molecule has 1 heterocycles. The number of hydrogen-bond acceptors (Lipinski definition) is 3. The normalized spacial score (nSPS) is 9.95. The second kappa shape index (κ2) is 7.30. The first-order valence-corrected chi connectivity index (χ1v) is 7.26. The zero-order chi connectivity index (χ0) is 14.4. The highest BCUT2D eigenvalue weighted by Gasteiger charge is 2.02. The van der Waals surface area contributed by atoms with E-state index in [1.807, 2.05) is 12.1 Å². The first kappa shape index (κ1) is 14.9. The van der Waals surface area contributed by atoms with Gasteiger partial charge >= 0.3 is 0 Å². The van der Waals surface area contributed by atoms with Crippen molar-refractivity contribution in [2.75, 3.05) is 6.54 Å². The molecule has 0 aliphatic heterocycles. The molecule has 2 N–H and O–H groups in total. The summed E-state index contributed by atoms with van der Waals surface area (Å²) < 4.78 is 13.5. The highest BCUT2D eigenvalue weighted by Crippen LogP contribution is 2.22. The zero-order valence-electron chi connectivity index (χ0n) is 10.6. The lowest BCUT2D eigenvalue weighted by Crippen LogP contribution is -1.93. The van der Waals surface area contributed by atoms with Gasteiger partial charge in [-0.3, -0.25) is 0 Å². The van der Waals surface area contributed by atoms with Crippen molar-refractivity contribution in [3.63, 3.8) is 0 Å². The fourth-order valence-electron chi connectivity index (χ4n) is 1.56. The topological polar surface area (TPSA) is 38.9 Å². The van der Waals surface area contributed by atoms with Gasteiger partial charge in [-0.15, -0.1) is 11.8 Å². The number of thioether (sulfide) groups is 1. The van der Waals surface area contributed by atoms with Crippen molar-refractivity contribution in [3.05, 3.63) is 58.5 Å². The van der Waals surface area contributed by atoms with Crippen LogP contribution in [0.3, 0.4) is 0 Å². The number of halogens is 2. The van der Waals surface area contributed by atoms with E-state index in [1.54, 1.807) is 12.3 Å². The molecule has 0 spiro atoms. The molecule has 1 aromatic heterocycles. The molecule has 102 valence electrons. The monoisotopic (exact) mass is 306 g/mol. The zero-order valence-corrected chi connectivity index (χ0v) is 12.1. The lowest BCUT2D eigenvalue weighted by Gasteiger charge is -2.03. The van der Waals surface area contributed by atoms with Gasteiger partial charge in [0.05, 0.1) is 16.6 Å². The molecule has 0 saturated carbocycles. The minimum atomic E-state index is -0.298. The van der Waals surface area contributed by atoms with Gasteiger partial charge in [-0.05, 0) is 35.9 Å². The van der Waals surface area contributed by atoms with Crippen LogP contribution in [-0.4, -0.2) is 11.5 Å². The predicted molar refractivity (Wildman–Crippen MR) is 81.1 cm³/mol. The Hall–Kier alpha value is -1.54. The Labute approximate surface area is 126 Å². The molecule has 0 fully saturated rings. The Morgan fingerprint density at radius 2 is 2.15 bits per heavy atom.